The van der Waals surface area contributed by atoms with Crippen molar-refractivity contribution in [2.45, 2.75) is 58.6 Å². The number of rotatable bonds is 4. The zero-order valence-corrected chi connectivity index (χ0v) is 9.79. The molecule has 0 aromatic rings. The van der Waals surface area contributed by atoms with Crippen molar-refractivity contribution in [1.82, 2.24) is 5.32 Å². The molecule has 14 heavy (non-hydrogen) atoms. The van der Waals surface area contributed by atoms with Crippen molar-refractivity contribution in [3.63, 3.8) is 0 Å². The Morgan fingerprint density at radius 2 is 1.79 bits per heavy atom. The van der Waals surface area contributed by atoms with Crippen LogP contribution < -0.4 is 5.32 Å². The largest absolute Gasteiger partial charge is 0.393 e. The van der Waals surface area contributed by atoms with Gasteiger partial charge in [0.25, 0.3) is 0 Å². The van der Waals surface area contributed by atoms with Gasteiger partial charge in [0.1, 0.15) is 0 Å². The summed E-state index contributed by atoms with van der Waals surface area (Å²) >= 11 is 0. The molecule has 0 bridgehead atoms. The Labute approximate surface area is 88.1 Å². The molecule has 0 aromatic heterocycles. The first-order valence-electron chi connectivity index (χ1n) is 5.99. The summed E-state index contributed by atoms with van der Waals surface area (Å²) in [5.74, 6) is 1.73. The third-order valence-electron chi connectivity index (χ3n) is 3.17. The molecule has 0 saturated heterocycles. The molecular formula is C12H25NO. The molecule has 0 aromatic carbocycles. The fourth-order valence-electron chi connectivity index (χ4n) is 2.61. The number of aliphatic hydroxyl groups is 1. The van der Waals surface area contributed by atoms with Crippen LogP contribution in [0.3, 0.4) is 0 Å². The normalized spacial score (nSPS) is 35.6. The van der Waals surface area contributed by atoms with Crippen LogP contribution in [-0.4, -0.2) is 23.8 Å². The topological polar surface area (TPSA) is 32.3 Å². The highest BCUT2D eigenvalue weighted by Crippen LogP contribution is 2.28. The lowest BCUT2D eigenvalue weighted by Crippen LogP contribution is -2.37. The molecular weight excluding hydrogens is 174 g/mol. The van der Waals surface area contributed by atoms with Crippen LogP contribution in [0.4, 0.5) is 0 Å². The second-order valence-electron chi connectivity index (χ2n) is 5.21. The van der Waals surface area contributed by atoms with E-state index in [1.165, 1.54) is 19.3 Å². The van der Waals surface area contributed by atoms with Crippen LogP contribution in [0.25, 0.3) is 0 Å². The predicted molar refractivity (Wildman–Crippen MR) is 60.3 cm³/mol. The van der Waals surface area contributed by atoms with Gasteiger partial charge in [0.2, 0.25) is 0 Å². The summed E-state index contributed by atoms with van der Waals surface area (Å²) in [6.07, 6.45) is 4.71. The third-order valence-corrected chi connectivity index (χ3v) is 3.17. The van der Waals surface area contributed by atoms with Crippen molar-refractivity contribution in [3.05, 3.63) is 0 Å². The van der Waals surface area contributed by atoms with Crippen LogP contribution in [0.5, 0.6) is 0 Å². The molecule has 1 rings (SSSR count). The molecule has 0 heterocycles. The van der Waals surface area contributed by atoms with Gasteiger partial charge in [-0.25, -0.2) is 0 Å². The van der Waals surface area contributed by atoms with Crippen LogP contribution in [0, 0.1) is 11.8 Å². The van der Waals surface area contributed by atoms with Crippen LogP contribution in [0.2, 0.25) is 0 Å². The van der Waals surface area contributed by atoms with Gasteiger partial charge in [-0.15, -0.1) is 0 Å². The Kier molecular flexibility index (Phi) is 4.90. The maximum Gasteiger partial charge on any atom is 0.0524 e. The molecule has 0 unspecified atom stereocenters. The Morgan fingerprint density at radius 3 is 2.29 bits per heavy atom. The summed E-state index contributed by atoms with van der Waals surface area (Å²) in [6.45, 7) is 7.51. The van der Waals surface area contributed by atoms with Gasteiger partial charge in [-0.05, 0) is 51.0 Å². The molecule has 84 valence electrons. The smallest absolute Gasteiger partial charge is 0.0524 e. The van der Waals surface area contributed by atoms with Gasteiger partial charge < -0.3 is 10.4 Å². The lowest BCUT2D eigenvalue weighted by Gasteiger charge is -2.32. The lowest BCUT2D eigenvalue weighted by molar-refractivity contribution is 0.175. The summed E-state index contributed by atoms with van der Waals surface area (Å²) in [4.78, 5) is 0. The highest BCUT2D eigenvalue weighted by molar-refractivity contribution is 4.79. The van der Waals surface area contributed by atoms with E-state index in [0.29, 0.717) is 6.04 Å². The molecule has 1 aliphatic rings. The molecule has 1 saturated carbocycles. The zero-order chi connectivity index (χ0) is 10.6. The second kappa shape index (κ2) is 5.72. The van der Waals surface area contributed by atoms with E-state index < -0.39 is 0 Å². The van der Waals surface area contributed by atoms with Gasteiger partial charge in [0, 0.05) is 6.04 Å². The monoisotopic (exact) mass is 199 g/mol. The minimum Gasteiger partial charge on any atom is -0.393 e. The maximum absolute atomic E-state index is 9.15. The standard InChI is InChI=1S/C12H25NO/c1-9-6-10(2)8-12(7-9)13-5-4-11(3)14/h9-14H,4-8H2,1-3H3/t9-,10-,11+/m0/s1. The van der Waals surface area contributed by atoms with Gasteiger partial charge in [-0.2, -0.15) is 0 Å². The van der Waals surface area contributed by atoms with Gasteiger partial charge in [0.05, 0.1) is 6.10 Å². The first-order valence-corrected chi connectivity index (χ1v) is 5.99. The number of aliphatic hydroxyl groups excluding tert-OH is 1. The van der Waals surface area contributed by atoms with E-state index in [-0.39, 0.29) is 6.10 Å². The number of hydrogen-bond acceptors (Lipinski definition) is 2. The number of nitrogens with one attached hydrogen (secondary N) is 1. The SMILES string of the molecule is C[C@@H]1CC(NCC[C@@H](C)O)C[C@@H](C)C1. The molecule has 3 atom stereocenters. The molecule has 2 heteroatoms. The van der Waals surface area contributed by atoms with Crippen molar-refractivity contribution in [2.75, 3.05) is 6.54 Å². The van der Waals surface area contributed by atoms with E-state index in [1.54, 1.807) is 0 Å². The van der Waals surface area contributed by atoms with E-state index in [9.17, 15) is 0 Å². The van der Waals surface area contributed by atoms with Crippen molar-refractivity contribution in [2.24, 2.45) is 11.8 Å². The number of hydrogen-bond donors (Lipinski definition) is 2. The van der Waals surface area contributed by atoms with E-state index in [4.69, 9.17) is 5.11 Å². The fraction of sp³-hybridized carbons (Fsp3) is 1.00. The van der Waals surface area contributed by atoms with Crippen molar-refractivity contribution >= 4 is 0 Å². The third kappa shape index (κ3) is 4.43. The van der Waals surface area contributed by atoms with Crippen LogP contribution in [-0.2, 0) is 0 Å². The molecule has 1 fully saturated rings. The van der Waals surface area contributed by atoms with E-state index in [1.807, 2.05) is 6.92 Å². The predicted octanol–water partition coefficient (Wildman–Crippen LogP) is 2.17. The average Bonchev–Trinajstić information content (AvgIpc) is 2.01. The van der Waals surface area contributed by atoms with E-state index >= 15 is 0 Å². The van der Waals surface area contributed by atoms with E-state index in [0.717, 1.165) is 24.8 Å². The molecule has 1 aliphatic carbocycles. The van der Waals surface area contributed by atoms with Gasteiger partial charge in [-0.1, -0.05) is 13.8 Å². The Bertz CT molecular complexity index is 148. The Balaban J connectivity index is 2.17. The fourth-order valence-corrected chi connectivity index (χ4v) is 2.61. The van der Waals surface area contributed by atoms with Crippen molar-refractivity contribution in [3.8, 4) is 0 Å². The van der Waals surface area contributed by atoms with Crippen LogP contribution >= 0.6 is 0 Å². The summed E-state index contributed by atoms with van der Waals surface area (Å²) in [5, 5.41) is 12.7. The molecule has 0 radical (unpaired) electrons. The Hall–Kier alpha value is -0.0800. The first-order chi connectivity index (χ1) is 6.58. The van der Waals surface area contributed by atoms with E-state index in [2.05, 4.69) is 19.2 Å². The van der Waals surface area contributed by atoms with Gasteiger partial charge >= 0.3 is 0 Å². The molecule has 0 aliphatic heterocycles. The van der Waals surface area contributed by atoms with Crippen LogP contribution in [0.1, 0.15) is 46.5 Å². The average molecular weight is 199 g/mol. The van der Waals surface area contributed by atoms with Crippen molar-refractivity contribution in [1.29, 1.82) is 0 Å². The minimum absolute atomic E-state index is 0.166. The highest BCUT2D eigenvalue weighted by Gasteiger charge is 2.23. The zero-order valence-electron chi connectivity index (χ0n) is 9.79. The molecule has 0 spiro atoms. The summed E-state index contributed by atoms with van der Waals surface area (Å²) < 4.78 is 0. The quantitative estimate of drug-likeness (QED) is 0.727. The minimum atomic E-state index is -0.166. The maximum atomic E-state index is 9.15. The summed E-state index contributed by atoms with van der Waals surface area (Å²) in [5.41, 5.74) is 0. The molecule has 2 N–H and O–H groups in total. The Morgan fingerprint density at radius 1 is 1.21 bits per heavy atom. The summed E-state index contributed by atoms with van der Waals surface area (Å²) in [6, 6.07) is 0.687. The first kappa shape index (κ1) is 12.0. The lowest BCUT2D eigenvalue weighted by atomic mass is 9.80. The van der Waals surface area contributed by atoms with Gasteiger partial charge in [0.15, 0.2) is 0 Å². The molecule has 2 nitrogen and oxygen atoms in total. The summed E-state index contributed by atoms with van der Waals surface area (Å²) in [7, 11) is 0. The second-order valence-corrected chi connectivity index (χ2v) is 5.21. The van der Waals surface area contributed by atoms with Gasteiger partial charge in [-0.3, -0.25) is 0 Å². The molecule has 0 amide bonds. The van der Waals surface area contributed by atoms with Crippen LogP contribution in [0.15, 0.2) is 0 Å². The van der Waals surface area contributed by atoms with Crippen molar-refractivity contribution < 1.29 is 5.11 Å². The highest BCUT2D eigenvalue weighted by atomic mass is 16.3.